The molecule has 0 spiro atoms. The van der Waals surface area contributed by atoms with Crippen molar-refractivity contribution in [3.63, 3.8) is 0 Å². The van der Waals surface area contributed by atoms with Crippen LogP contribution in [0.3, 0.4) is 0 Å². The van der Waals surface area contributed by atoms with E-state index in [1.807, 2.05) is 0 Å². The van der Waals surface area contributed by atoms with E-state index in [0.717, 1.165) is 0 Å². The third-order valence-electron chi connectivity index (χ3n) is 3.25. The van der Waals surface area contributed by atoms with Crippen molar-refractivity contribution in [2.24, 2.45) is 0 Å². The lowest BCUT2D eigenvalue weighted by atomic mass is 10.1. The van der Waals surface area contributed by atoms with Gasteiger partial charge in [-0.05, 0) is 12.1 Å². The van der Waals surface area contributed by atoms with Gasteiger partial charge in [-0.25, -0.2) is 8.78 Å². The molecule has 2 N–H and O–H groups in total. The van der Waals surface area contributed by atoms with E-state index in [-0.39, 0.29) is 12.5 Å². The number of hydrogen-bond donors (Lipinski definition) is 1. The van der Waals surface area contributed by atoms with E-state index in [4.69, 9.17) is 5.73 Å². The van der Waals surface area contributed by atoms with E-state index in [0.29, 0.717) is 37.4 Å². The number of carbonyl (C=O) groups is 1. The lowest BCUT2D eigenvalue weighted by Gasteiger charge is -2.34. The maximum atomic E-state index is 12.3. The Labute approximate surface area is 110 Å². The predicted molar refractivity (Wildman–Crippen MR) is 69.2 cm³/mol. The molecule has 0 unspecified atom stereocenters. The van der Waals surface area contributed by atoms with E-state index >= 15 is 0 Å². The molecule has 19 heavy (non-hydrogen) atoms. The van der Waals surface area contributed by atoms with Crippen LogP contribution in [0.15, 0.2) is 24.3 Å². The molecule has 0 aliphatic carbocycles. The topological polar surface area (TPSA) is 49.6 Å². The zero-order chi connectivity index (χ0) is 13.8. The van der Waals surface area contributed by atoms with Crippen molar-refractivity contribution in [3.05, 3.63) is 29.8 Å². The van der Waals surface area contributed by atoms with Crippen LogP contribution >= 0.6 is 0 Å². The van der Waals surface area contributed by atoms with Crippen LogP contribution in [-0.2, 0) is 0 Å². The second-order valence-corrected chi connectivity index (χ2v) is 4.57. The number of hydrogen-bond acceptors (Lipinski definition) is 3. The van der Waals surface area contributed by atoms with Gasteiger partial charge in [0.2, 0.25) is 0 Å². The molecule has 1 aromatic carbocycles. The smallest absolute Gasteiger partial charge is 0.256 e. The maximum absolute atomic E-state index is 12.3. The summed E-state index contributed by atoms with van der Waals surface area (Å²) in [6.45, 7) is 1.64. The second kappa shape index (κ2) is 5.97. The van der Waals surface area contributed by atoms with E-state index in [1.54, 1.807) is 34.1 Å². The molecule has 0 aromatic heterocycles. The summed E-state index contributed by atoms with van der Waals surface area (Å²) in [5.74, 6) is -0.130. The van der Waals surface area contributed by atoms with Gasteiger partial charge in [-0.1, -0.05) is 12.1 Å². The van der Waals surface area contributed by atoms with Gasteiger partial charge < -0.3 is 10.6 Å². The molecule has 104 valence electrons. The Morgan fingerprint density at radius 3 is 2.42 bits per heavy atom. The molecule has 1 aliphatic heterocycles. The Balaban J connectivity index is 1.95. The van der Waals surface area contributed by atoms with Crippen LogP contribution in [0.5, 0.6) is 0 Å². The highest BCUT2D eigenvalue weighted by Crippen LogP contribution is 2.15. The molecule has 1 amide bonds. The highest BCUT2D eigenvalue weighted by Gasteiger charge is 2.24. The minimum Gasteiger partial charge on any atom is -0.398 e. The first-order valence-corrected chi connectivity index (χ1v) is 6.22. The zero-order valence-electron chi connectivity index (χ0n) is 10.6. The summed E-state index contributed by atoms with van der Waals surface area (Å²) in [5.41, 5.74) is 6.69. The number of nitrogens with two attached hydrogens (primary N) is 1. The highest BCUT2D eigenvalue weighted by atomic mass is 19.3. The summed E-state index contributed by atoms with van der Waals surface area (Å²) >= 11 is 0. The van der Waals surface area contributed by atoms with Gasteiger partial charge in [0.25, 0.3) is 12.3 Å². The number of nitrogen functional groups attached to an aromatic ring is 1. The molecule has 1 aliphatic rings. The molecule has 4 nitrogen and oxygen atoms in total. The summed E-state index contributed by atoms with van der Waals surface area (Å²) in [4.78, 5) is 15.6. The highest BCUT2D eigenvalue weighted by molar-refractivity contribution is 5.99. The maximum Gasteiger partial charge on any atom is 0.256 e. The molecule has 0 saturated carbocycles. The number of alkyl halides is 2. The first-order chi connectivity index (χ1) is 9.08. The lowest BCUT2D eigenvalue weighted by molar-refractivity contribution is 0.0459. The number of nitrogens with zero attached hydrogens (tertiary/aromatic N) is 2. The Kier molecular flexibility index (Phi) is 4.31. The fraction of sp³-hybridized carbons (Fsp3) is 0.462. The summed E-state index contributed by atoms with van der Waals surface area (Å²) in [6.07, 6.45) is -2.33. The van der Waals surface area contributed by atoms with Gasteiger partial charge in [0, 0.05) is 31.9 Å². The summed E-state index contributed by atoms with van der Waals surface area (Å²) in [6, 6.07) is 6.90. The Hall–Kier alpha value is -1.69. The van der Waals surface area contributed by atoms with E-state index < -0.39 is 6.43 Å². The third kappa shape index (κ3) is 3.41. The Morgan fingerprint density at radius 1 is 1.21 bits per heavy atom. The molecular weight excluding hydrogens is 252 g/mol. The molecule has 0 radical (unpaired) electrons. The number of piperazine rings is 1. The number of para-hydroxylation sites is 1. The number of amides is 1. The number of carbonyl (C=O) groups excluding carboxylic acids is 1. The van der Waals surface area contributed by atoms with Crippen molar-refractivity contribution in [2.45, 2.75) is 6.43 Å². The number of benzene rings is 1. The van der Waals surface area contributed by atoms with Crippen LogP contribution in [0.2, 0.25) is 0 Å². The standard InChI is InChI=1S/C13H17F2N3O/c14-12(15)9-17-5-7-18(8-6-17)13(19)10-3-1-2-4-11(10)16/h1-4,12H,5-9,16H2. The average molecular weight is 269 g/mol. The molecule has 2 rings (SSSR count). The van der Waals surface area contributed by atoms with Crippen LogP contribution in [0.25, 0.3) is 0 Å². The average Bonchev–Trinajstić information content (AvgIpc) is 2.39. The van der Waals surface area contributed by atoms with Gasteiger partial charge in [-0.3, -0.25) is 9.69 Å². The molecule has 1 saturated heterocycles. The van der Waals surface area contributed by atoms with Gasteiger partial charge in [-0.2, -0.15) is 0 Å². The quantitative estimate of drug-likeness (QED) is 0.841. The normalized spacial score (nSPS) is 16.9. The van der Waals surface area contributed by atoms with Crippen molar-refractivity contribution >= 4 is 11.6 Å². The van der Waals surface area contributed by atoms with Gasteiger partial charge in [0.15, 0.2) is 0 Å². The summed E-state index contributed by atoms with van der Waals surface area (Å²) in [5, 5.41) is 0. The summed E-state index contributed by atoms with van der Waals surface area (Å²) in [7, 11) is 0. The first-order valence-electron chi connectivity index (χ1n) is 6.22. The van der Waals surface area contributed by atoms with Crippen molar-refractivity contribution < 1.29 is 13.6 Å². The zero-order valence-corrected chi connectivity index (χ0v) is 10.6. The fourth-order valence-electron chi connectivity index (χ4n) is 2.19. The minimum atomic E-state index is -2.33. The first kappa shape index (κ1) is 13.7. The lowest BCUT2D eigenvalue weighted by Crippen LogP contribution is -2.49. The molecule has 6 heteroatoms. The Morgan fingerprint density at radius 2 is 1.84 bits per heavy atom. The van der Waals surface area contributed by atoms with Gasteiger partial charge in [0.1, 0.15) is 0 Å². The number of halogens is 2. The van der Waals surface area contributed by atoms with E-state index in [9.17, 15) is 13.6 Å². The van der Waals surface area contributed by atoms with Crippen LogP contribution in [0, 0.1) is 0 Å². The van der Waals surface area contributed by atoms with Crippen LogP contribution in [-0.4, -0.2) is 54.9 Å². The van der Waals surface area contributed by atoms with Crippen LogP contribution in [0.1, 0.15) is 10.4 Å². The molecule has 1 heterocycles. The van der Waals surface area contributed by atoms with E-state index in [2.05, 4.69) is 0 Å². The molecule has 0 atom stereocenters. The van der Waals surface area contributed by atoms with Gasteiger partial charge >= 0.3 is 0 Å². The SMILES string of the molecule is Nc1ccccc1C(=O)N1CCN(CC(F)F)CC1. The largest absolute Gasteiger partial charge is 0.398 e. The molecular formula is C13H17F2N3O. The number of anilines is 1. The molecule has 0 bridgehead atoms. The van der Waals surface area contributed by atoms with Crippen molar-refractivity contribution in [1.82, 2.24) is 9.80 Å². The van der Waals surface area contributed by atoms with Crippen LogP contribution < -0.4 is 5.73 Å². The fourth-order valence-corrected chi connectivity index (χ4v) is 2.19. The van der Waals surface area contributed by atoms with Gasteiger partial charge in [0.05, 0.1) is 12.1 Å². The molecule has 1 fully saturated rings. The third-order valence-corrected chi connectivity index (χ3v) is 3.25. The molecule has 1 aromatic rings. The van der Waals surface area contributed by atoms with Crippen molar-refractivity contribution in [1.29, 1.82) is 0 Å². The van der Waals surface area contributed by atoms with E-state index in [1.165, 1.54) is 0 Å². The predicted octanol–water partition coefficient (Wildman–Crippen LogP) is 1.29. The van der Waals surface area contributed by atoms with Crippen molar-refractivity contribution in [2.75, 3.05) is 38.5 Å². The van der Waals surface area contributed by atoms with Crippen molar-refractivity contribution in [3.8, 4) is 0 Å². The summed E-state index contributed by atoms with van der Waals surface area (Å²) < 4.78 is 24.5. The van der Waals surface area contributed by atoms with Crippen LogP contribution in [0.4, 0.5) is 14.5 Å². The monoisotopic (exact) mass is 269 g/mol. The minimum absolute atomic E-state index is 0.130. The van der Waals surface area contributed by atoms with Gasteiger partial charge in [-0.15, -0.1) is 0 Å². The second-order valence-electron chi connectivity index (χ2n) is 4.57. The number of rotatable bonds is 3. The Bertz CT molecular complexity index is 445.